The van der Waals surface area contributed by atoms with Crippen molar-refractivity contribution in [1.82, 2.24) is 4.90 Å². The number of nitrogens with zero attached hydrogens (tertiary/aromatic N) is 3. The third-order valence-corrected chi connectivity index (χ3v) is 5.86. The Hall–Kier alpha value is -3.47. The lowest BCUT2D eigenvalue weighted by Crippen LogP contribution is -2.75. The van der Waals surface area contributed by atoms with Gasteiger partial charge in [-0.2, -0.15) is 0 Å². The average Bonchev–Trinajstić information content (AvgIpc) is 2.70. The van der Waals surface area contributed by atoms with Crippen LogP contribution in [0.5, 0.6) is 0 Å². The van der Waals surface area contributed by atoms with Crippen LogP contribution in [0.25, 0.3) is 0 Å². The van der Waals surface area contributed by atoms with E-state index in [0.717, 1.165) is 12.2 Å². The zero-order valence-corrected chi connectivity index (χ0v) is 15.8. The van der Waals surface area contributed by atoms with Crippen LogP contribution in [-0.4, -0.2) is 68.1 Å². The molecule has 1 saturated heterocycles. The molecule has 11 heteroatoms. The van der Waals surface area contributed by atoms with Gasteiger partial charge in [-0.05, 0) is 12.2 Å². The van der Waals surface area contributed by atoms with Gasteiger partial charge in [0.15, 0.2) is 5.78 Å². The van der Waals surface area contributed by atoms with Crippen LogP contribution in [0.2, 0.25) is 0 Å². The predicted octanol–water partition coefficient (Wildman–Crippen LogP) is 0.836. The largest absolute Gasteiger partial charge is 0.481 e. The molecule has 11 nitrogen and oxygen atoms in total. The second-order valence-electron chi connectivity index (χ2n) is 7.53. The Kier molecular flexibility index (Phi) is 5.49. The van der Waals surface area contributed by atoms with E-state index in [-0.39, 0.29) is 18.7 Å². The van der Waals surface area contributed by atoms with Gasteiger partial charge in [0.25, 0.3) is 5.54 Å². The lowest BCUT2D eigenvalue weighted by molar-refractivity contribution is -0.623. The number of nitro groups is 2. The van der Waals surface area contributed by atoms with Crippen LogP contribution >= 0.6 is 0 Å². The van der Waals surface area contributed by atoms with Crippen molar-refractivity contribution in [2.45, 2.75) is 23.9 Å². The summed E-state index contributed by atoms with van der Waals surface area (Å²) in [6.45, 7) is -1.03. The molecule has 3 atom stereocenters. The third kappa shape index (κ3) is 3.36. The molecule has 1 heterocycles. The van der Waals surface area contributed by atoms with Crippen molar-refractivity contribution in [1.29, 1.82) is 0 Å². The predicted molar refractivity (Wildman–Crippen MR) is 101 cm³/mol. The highest BCUT2D eigenvalue weighted by Gasteiger charge is 2.74. The zero-order valence-electron chi connectivity index (χ0n) is 15.8. The Bertz CT molecular complexity index is 946. The highest BCUT2D eigenvalue weighted by molar-refractivity contribution is 6.01. The normalized spacial score (nSPS) is 28.1. The molecule has 1 aliphatic heterocycles. The second kappa shape index (κ2) is 7.75. The van der Waals surface area contributed by atoms with E-state index < -0.39 is 63.8 Å². The second-order valence-corrected chi connectivity index (χ2v) is 7.53. The summed E-state index contributed by atoms with van der Waals surface area (Å²) in [6.07, 6.45) is 0.915. The van der Waals surface area contributed by atoms with Gasteiger partial charge < -0.3 is 5.11 Å². The Morgan fingerprint density at radius 1 is 1.13 bits per heavy atom. The van der Waals surface area contributed by atoms with Gasteiger partial charge in [-0.1, -0.05) is 30.3 Å². The number of carbonyl (C=O) groups excluding carboxylic acids is 2. The maximum absolute atomic E-state index is 12.8. The molecule has 3 rings (SSSR count). The van der Waals surface area contributed by atoms with Crippen molar-refractivity contribution in [3.8, 4) is 0 Å². The first-order chi connectivity index (χ1) is 14.1. The van der Waals surface area contributed by atoms with E-state index in [2.05, 4.69) is 0 Å². The SMILES string of the molecule is O=C(O)CCN1C[C@@]2([N+](=O)[O-])C=CC(=O)[C@@]([N+](=O)[O-])(C1)[C@@H]2CC(=O)c1ccccc1. The Labute approximate surface area is 170 Å². The van der Waals surface area contributed by atoms with Crippen LogP contribution in [0, 0.1) is 26.1 Å². The molecule has 0 spiro atoms. The van der Waals surface area contributed by atoms with Crippen LogP contribution in [0.1, 0.15) is 23.2 Å². The first-order valence-electron chi connectivity index (χ1n) is 9.18. The van der Waals surface area contributed by atoms with Gasteiger partial charge in [-0.25, -0.2) is 0 Å². The molecule has 1 aromatic rings. The average molecular weight is 417 g/mol. The topological polar surface area (TPSA) is 161 Å². The third-order valence-electron chi connectivity index (χ3n) is 5.86. The first kappa shape index (κ1) is 21.2. The van der Waals surface area contributed by atoms with Crippen molar-refractivity contribution in [2.24, 2.45) is 5.92 Å². The minimum Gasteiger partial charge on any atom is -0.481 e. The molecule has 0 aromatic heterocycles. The van der Waals surface area contributed by atoms with Gasteiger partial charge in [0, 0.05) is 28.4 Å². The standard InChI is InChI=1S/C19H19N3O8/c23-14(13-4-2-1-3-5-13)10-15-18(21(27)28)8-6-16(24)19(15,22(29)30)12-20(11-18)9-7-17(25)26/h1-6,8,15H,7,9-12H2,(H,25,26)/t15-,18+,19-/m1/s1. The van der Waals surface area contributed by atoms with Gasteiger partial charge in [0.2, 0.25) is 5.78 Å². The Balaban J connectivity index is 2.08. The summed E-state index contributed by atoms with van der Waals surface area (Å²) < 4.78 is 0. The summed E-state index contributed by atoms with van der Waals surface area (Å²) in [5.74, 6) is -4.16. The molecule has 0 radical (unpaired) electrons. The molecule has 2 bridgehead atoms. The molecule has 0 amide bonds. The summed E-state index contributed by atoms with van der Waals surface area (Å²) in [4.78, 5) is 60.5. The number of piperidine rings is 1. The van der Waals surface area contributed by atoms with Crippen LogP contribution in [0.4, 0.5) is 0 Å². The van der Waals surface area contributed by atoms with Gasteiger partial charge in [0.05, 0.1) is 19.5 Å². The summed E-state index contributed by atoms with van der Waals surface area (Å²) in [7, 11) is 0. The summed E-state index contributed by atoms with van der Waals surface area (Å²) in [5, 5.41) is 33.2. The van der Waals surface area contributed by atoms with E-state index >= 15 is 0 Å². The molecular formula is C19H19N3O8. The monoisotopic (exact) mass is 417 g/mol. The number of likely N-dealkylation sites (tertiary alicyclic amines) is 1. The number of ketones is 2. The van der Waals surface area contributed by atoms with Crippen LogP contribution < -0.4 is 0 Å². The summed E-state index contributed by atoms with van der Waals surface area (Å²) >= 11 is 0. The number of Topliss-reactive ketones (excluding diaryl/α,β-unsaturated/α-hetero) is 1. The number of aliphatic carboxylic acids is 1. The summed E-state index contributed by atoms with van der Waals surface area (Å²) in [6, 6.07) is 7.86. The number of benzene rings is 1. The number of carbonyl (C=O) groups is 3. The van der Waals surface area contributed by atoms with Gasteiger partial charge in [0.1, 0.15) is 5.92 Å². The number of hydrogen-bond donors (Lipinski definition) is 1. The lowest BCUT2D eigenvalue weighted by atomic mass is 9.60. The van der Waals surface area contributed by atoms with Crippen molar-refractivity contribution in [2.75, 3.05) is 19.6 Å². The molecule has 1 N–H and O–H groups in total. The maximum atomic E-state index is 12.8. The van der Waals surface area contributed by atoms with Crippen molar-refractivity contribution < 1.29 is 29.3 Å². The number of carboxylic acid groups (broad SMARTS) is 1. The zero-order chi connectivity index (χ0) is 22.1. The molecule has 0 unspecified atom stereocenters. The number of carboxylic acids is 1. The minimum absolute atomic E-state index is 0.193. The Morgan fingerprint density at radius 2 is 1.80 bits per heavy atom. The maximum Gasteiger partial charge on any atom is 0.305 e. The van der Waals surface area contributed by atoms with Crippen molar-refractivity contribution in [3.05, 3.63) is 68.3 Å². The molecule has 2 aliphatic rings. The van der Waals surface area contributed by atoms with E-state index in [1.807, 2.05) is 0 Å². The van der Waals surface area contributed by atoms with Crippen LogP contribution in [0.3, 0.4) is 0 Å². The van der Waals surface area contributed by atoms with E-state index in [0.29, 0.717) is 0 Å². The molecule has 30 heavy (non-hydrogen) atoms. The van der Waals surface area contributed by atoms with E-state index in [4.69, 9.17) is 5.11 Å². The highest BCUT2D eigenvalue weighted by atomic mass is 16.6. The van der Waals surface area contributed by atoms with Crippen molar-refractivity contribution in [3.63, 3.8) is 0 Å². The smallest absolute Gasteiger partial charge is 0.305 e. The van der Waals surface area contributed by atoms with Gasteiger partial charge in [-0.3, -0.25) is 39.5 Å². The number of fused-ring (bicyclic) bond motifs is 2. The Morgan fingerprint density at radius 3 is 2.37 bits per heavy atom. The molecule has 158 valence electrons. The molecule has 1 aliphatic carbocycles. The number of rotatable bonds is 8. The fraction of sp³-hybridized carbons (Fsp3) is 0.421. The van der Waals surface area contributed by atoms with Crippen LogP contribution in [-0.2, 0) is 9.59 Å². The molecule has 1 fully saturated rings. The van der Waals surface area contributed by atoms with Gasteiger partial charge >= 0.3 is 11.5 Å². The number of hydrogen-bond acceptors (Lipinski definition) is 8. The van der Waals surface area contributed by atoms with Crippen molar-refractivity contribution >= 4 is 17.5 Å². The minimum atomic E-state index is -2.41. The van der Waals surface area contributed by atoms with E-state index in [1.165, 1.54) is 17.0 Å². The quantitative estimate of drug-likeness (QED) is 0.367. The lowest BCUT2D eigenvalue weighted by Gasteiger charge is -2.48. The molecule has 0 saturated carbocycles. The highest BCUT2D eigenvalue weighted by Crippen LogP contribution is 2.46. The van der Waals surface area contributed by atoms with E-state index in [1.54, 1.807) is 18.2 Å². The molecule has 1 aromatic carbocycles. The fourth-order valence-corrected chi connectivity index (χ4v) is 4.38. The van der Waals surface area contributed by atoms with Gasteiger partial charge in [-0.15, -0.1) is 0 Å². The van der Waals surface area contributed by atoms with E-state index in [9.17, 15) is 34.6 Å². The fourth-order valence-electron chi connectivity index (χ4n) is 4.38. The first-order valence-corrected chi connectivity index (χ1v) is 9.18. The molecular weight excluding hydrogens is 398 g/mol. The van der Waals surface area contributed by atoms with Crippen LogP contribution in [0.15, 0.2) is 42.5 Å². The summed E-state index contributed by atoms with van der Waals surface area (Å²) in [5.41, 5.74) is -4.25.